The first kappa shape index (κ1) is 14.3. The van der Waals surface area contributed by atoms with Crippen LogP contribution in [-0.2, 0) is 14.3 Å². The van der Waals surface area contributed by atoms with Crippen molar-refractivity contribution in [1.29, 1.82) is 0 Å². The zero-order chi connectivity index (χ0) is 14.0. The Hall–Kier alpha value is -1.10. The molecule has 0 aromatic heterocycles. The maximum Gasteiger partial charge on any atom is 0.254 e. The standard InChI is InChI=1S/C14H24N2O3/c1-10-8-16(9-11(10)12(15)17)13(18)14(19-2)6-4-3-5-7-14/h10-11H,3-9H2,1-2H3,(H2,15,17)/t10-,11-/m1/s1. The monoisotopic (exact) mass is 268 g/mol. The molecule has 0 aromatic rings. The molecule has 1 aliphatic heterocycles. The van der Waals surface area contributed by atoms with Crippen LogP contribution < -0.4 is 5.73 Å². The SMILES string of the molecule is COC1(C(=O)N2C[C@@H](C)[C@H](C(N)=O)C2)CCCCC1. The lowest BCUT2D eigenvalue weighted by molar-refractivity contribution is -0.158. The second kappa shape index (κ2) is 5.49. The molecule has 0 radical (unpaired) electrons. The van der Waals surface area contributed by atoms with Crippen molar-refractivity contribution in [2.24, 2.45) is 17.6 Å². The second-order valence-electron chi connectivity index (χ2n) is 5.96. The lowest BCUT2D eigenvalue weighted by Gasteiger charge is -2.37. The fourth-order valence-electron chi connectivity index (χ4n) is 3.42. The molecular weight excluding hydrogens is 244 g/mol. The first-order valence-corrected chi connectivity index (χ1v) is 7.14. The van der Waals surface area contributed by atoms with Gasteiger partial charge in [-0.3, -0.25) is 9.59 Å². The summed E-state index contributed by atoms with van der Waals surface area (Å²) < 4.78 is 5.58. The van der Waals surface area contributed by atoms with E-state index in [4.69, 9.17) is 10.5 Å². The smallest absolute Gasteiger partial charge is 0.254 e. The highest BCUT2D eigenvalue weighted by Crippen LogP contribution is 2.35. The van der Waals surface area contributed by atoms with Crippen LogP contribution in [0.3, 0.4) is 0 Å². The molecule has 5 nitrogen and oxygen atoms in total. The van der Waals surface area contributed by atoms with Crippen LogP contribution in [0.1, 0.15) is 39.0 Å². The maximum atomic E-state index is 12.7. The quantitative estimate of drug-likeness (QED) is 0.827. The number of hydrogen-bond acceptors (Lipinski definition) is 3. The molecular formula is C14H24N2O3. The Morgan fingerprint density at radius 1 is 1.21 bits per heavy atom. The summed E-state index contributed by atoms with van der Waals surface area (Å²) in [5, 5.41) is 0. The van der Waals surface area contributed by atoms with Crippen LogP contribution in [0.2, 0.25) is 0 Å². The molecule has 1 aliphatic carbocycles. The largest absolute Gasteiger partial charge is 0.369 e. The number of nitrogens with two attached hydrogens (primary N) is 1. The molecule has 0 aromatic carbocycles. The van der Waals surface area contributed by atoms with Gasteiger partial charge in [0.1, 0.15) is 5.60 Å². The minimum absolute atomic E-state index is 0.0466. The number of nitrogens with zero attached hydrogens (tertiary/aromatic N) is 1. The van der Waals surface area contributed by atoms with Crippen molar-refractivity contribution in [3.05, 3.63) is 0 Å². The summed E-state index contributed by atoms with van der Waals surface area (Å²) in [4.78, 5) is 25.8. The van der Waals surface area contributed by atoms with E-state index >= 15 is 0 Å². The van der Waals surface area contributed by atoms with Crippen molar-refractivity contribution in [3.63, 3.8) is 0 Å². The molecule has 2 amide bonds. The Kier molecular flexibility index (Phi) is 4.13. The first-order valence-electron chi connectivity index (χ1n) is 7.14. The number of methoxy groups -OCH3 is 1. The van der Waals surface area contributed by atoms with E-state index in [2.05, 4.69) is 0 Å². The van der Waals surface area contributed by atoms with E-state index in [0.29, 0.717) is 13.1 Å². The van der Waals surface area contributed by atoms with Crippen LogP contribution in [0, 0.1) is 11.8 Å². The van der Waals surface area contributed by atoms with Crippen molar-refractivity contribution in [3.8, 4) is 0 Å². The van der Waals surface area contributed by atoms with Gasteiger partial charge in [0.05, 0.1) is 5.92 Å². The summed E-state index contributed by atoms with van der Waals surface area (Å²) in [6, 6.07) is 0. The van der Waals surface area contributed by atoms with E-state index < -0.39 is 5.60 Å². The summed E-state index contributed by atoms with van der Waals surface area (Å²) in [7, 11) is 1.62. The zero-order valence-electron chi connectivity index (χ0n) is 11.9. The fraction of sp³-hybridized carbons (Fsp3) is 0.857. The van der Waals surface area contributed by atoms with Crippen molar-refractivity contribution in [2.75, 3.05) is 20.2 Å². The summed E-state index contributed by atoms with van der Waals surface area (Å²) in [5.41, 5.74) is 4.72. The van der Waals surface area contributed by atoms with Gasteiger partial charge in [0.15, 0.2) is 0 Å². The maximum absolute atomic E-state index is 12.7. The number of likely N-dealkylation sites (tertiary alicyclic amines) is 1. The predicted octanol–water partition coefficient (Wildman–Crippen LogP) is 0.915. The highest BCUT2D eigenvalue weighted by atomic mass is 16.5. The van der Waals surface area contributed by atoms with Gasteiger partial charge < -0.3 is 15.4 Å². The number of rotatable bonds is 3. The fourth-order valence-corrected chi connectivity index (χ4v) is 3.42. The van der Waals surface area contributed by atoms with Gasteiger partial charge in [-0.15, -0.1) is 0 Å². The summed E-state index contributed by atoms with van der Waals surface area (Å²) in [6.07, 6.45) is 4.80. The van der Waals surface area contributed by atoms with Gasteiger partial charge in [-0.2, -0.15) is 0 Å². The normalized spacial score (nSPS) is 30.3. The third kappa shape index (κ3) is 2.61. The predicted molar refractivity (Wildman–Crippen MR) is 71.3 cm³/mol. The van der Waals surface area contributed by atoms with Gasteiger partial charge in [-0.25, -0.2) is 0 Å². The summed E-state index contributed by atoms with van der Waals surface area (Å²) in [6.45, 7) is 3.03. The van der Waals surface area contributed by atoms with Gasteiger partial charge >= 0.3 is 0 Å². The molecule has 0 spiro atoms. The van der Waals surface area contributed by atoms with Gasteiger partial charge in [-0.05, 0) is 18.8 Å². The summed E-state index contributed by atoms with van der Waals surface area (Å²) >= 11 is 0. The van der Waals surface area contributed by atoms with Gasteiger partial charge in [0.2, 0.25) is 5.91 Å². The Balaban J connectivity index is 2.09. The van der Waals surface area contributed by atoms with Gasteiger partial charge in [0, 0.05) is 20.2 Å². The second-order valence-corrected chi connectivity index (χ2v) is 5.96. The van der Waals surface area contributed by atoms with Crippen LogP contribution >= 0.6 is 0 Å². The molecule has 2 fully saturated rings. The molecule has 1 saturated carbocycles. The van der Waals surface area contributed by atoms with E-state index in [1.54, 1.807) is 12.0 Å². The molecule has 0 unspecified atom stereocenters. The topological polar surface area (TPSA) is 72.6 Å². The number of hydrogen-bond donors (Lipinski definition) is 1. The van der Waals surface area contributed by atoms with Crippen molar-refractivity contribution >= 4 is 11.8 Å². The Morgan fingerprint density at radius 3 is 2.32 bits per heavy atom. The highest BCUT2D eigenvalue weighted by molar-refractivity contribution is 5.87. The average molecular weight is 268 g/mol. The van der Waals surface area contributed by atoms with Crippen LogP contribution in [0.5, 0.6) is 0 Å². The third-order valence-electron chi connectivity index (χ3n) is 4.71. The van der Waals surface area contributed by atoms with Crippen LogP contribution in [0.4, 0.5) is 0 Å². The minimum Gasteiger partial charge on any atom is -0.369 e. The molecule has 5 heteroatoms. The van der Waals surface area contributed by atoms with Crippen LogP contribution in [0.15, 0.2) is 0 Å². The Bertz CT molecular complexity index is 364. The lowest BCUT2D eigenvalue weighted by Crippen LogP contribution is -2.51. The number of amides is 2. The van der Waals surface area contributed by atoms with E-state index in [0.717, 1.165) is 25.7 Å². The van der Waals surface area contributed by atoms with Gasteiger partial charge in [-0.1, -0.05) is 26.2 Å². The van der Waals surface area contributed by atoms with Crippen molar-refractivity contribution in [1.82, 2.24) is 4.90 Å². The molecule has 2 N–H and O–H groups in total. The molecule has 19 heavy (non-hydrogen) atoms. The zero-order valence-corrected chi connectivity index (χ0v) is 11.9. The van der Waals surface area contributed by atoms with E-state index in [9.17, 15) is 9.59 Å². The van der Waals surface area contributed by atoms with Crippen LogP contribution in [-0.4, -0.2) is 42.5 Å². The van der Waals surface area contributed by atoms with Gasteiger partial charge in [0.25, 0.3) is 5.91 Å². The van der Waals surface area contributed by atoms with E-state index in [1.165, 1.54) is 6.42 Å². The molecule has 0 bridgehead atoms. The molecule has 2 aliphatic rings. The minimum atomic E-state index is -0.662. The van der Waals surface area contributed by atoms with E-state index in [1.807, 2.05) is 6.92 Å². The molecule has 1 heterocycles. The highest BCUT2D eigenvalue weighted by Gasteiger charge is 2.46. The number of carbonyl (C=O) groups excluding carboxylic acids is 2. The Labute approximate surface area is 114 Å². The van der Waals surface area contributed by atoms with Crippen LogP contribution in [0.25, 0.3) is 0 Å². The lowest BCUT2D eigenvalue weighted by atomic mass is 9.83. The van der Waals surface area contributed by atoms with Crippen molar-refractivity contribution < 1.29 is 14.3 Å². The number of primary amides is 1. The Morgan fingerprint density at radius 2 is 1.84 bits per heavy atom. The number of carbonyl (C=O) groups is 2. The molecule has 2 atom stereocenters. The third-order valence-corrected chi connectivity index (χ3v) is 4.71. The number of ether oxygens (including phenoxy) is 1. The van der Waals surface area contributed by atoms with E-state index in [-0.39, 0.29) is 23.7 Å². The first-order chi connectivity index (χ1) is 9.00. The summed E-state index contributed by atoms with van der Waals surface area (Å²) in [5.74, 6) is -0.344. The average Bonchev–Trinajstić information content (AvgIpc) is 2.81. The molecule has 108 valence electrons. The van der Waals surface area contributed by atoms with Crippen molar-refractivity contribution in [2.45, 2.75) is 44.6 Å². The molecule has 2 rings (SSSR count). The molecule has 1 saturated heterocycles.